The Hall–Kier alpha value is -2.26. The third-order valence-electron chi connectivity index (χ3n) is 3.33. The average Bonchev–Trinajstić information content (AvgIpc) is 3.09. The molecule has 0 unspecified atom stereocenters. The molecular weight excluding hydrogens is 358 g/mol. The van der Waals surface area contributed by atoms with E-state index in [1.54, 1.807) is 19.9 Å². The molecule has 3 rings (SSSR count). The summed E-state index contributed by atoms with van der Waals surface area (Å²) >= 11 is 1.28. The number of thiophene rings is 1. The Morgan fingerprint density at radius 2 is 1.92 bits per heavy atom. The van der Waals surface area contributed by atoms with Gasteiger partial charge in [0, 0.05) is 21.9 Å². The second-order valence-electron chi connectivity index (χ2n) is 5.02. The maximum absolute atomic E-state index is 13.8. The molecule has 0 aliphatic rings. The SMILES string of the molecule is Cc1sc(C)c(S(=O)(=O)Nc2ccc(F)cc2F)c1-c1ccno1. The summed E-state index contributed by atoms with van der Waals surface area (Å²) in [6.07, 6.45) is 1.41. The molecule has 1 N–H and O–H groups in total. The van der Waals surface area contributed by atoms with Gasteiger partial charge in [0.25, 0.3) is 10.0 Å². The fourth-order valence-corrected chi connectivity index (χ4v) is 5.32. The van der Waals surface area contributed by atoms with Crippen LogP contribution in [0.15, 0.2) is 39.9 Å². The molecule has 24 heavy (non-hydrogen) atoms. The number of aromatic nitrogens is 1. The maximum Gasteiger partial charge on any atom is 0.263 e. The number of hydrogen-bond acceptors (Lipinski definition) is 5. The van der Waals surface area contributed by atoms with Crippen molar-refractivity contribution in [3.8, 4) is 11.3 Å². The molecule has 126 valence electrons. The molecule has 0 aliphatic carbocycles. The van der Waals surface area contributed by atoms with Crippen molar-refractivity contribution >= 4 is 27.0 Å². The number of aryl methyl sites for hydroxylation is 2. The molecule has 5 nitrogen and oxygen atoms in total. The molecule has 1 aromatic carbocycles. The smallest absolute Gasteiger partial charge is 0.263 e. The van der Waals surface area contributed by atoms with E-state index in [-0.39, 0.29) is 10.6 Å². The quantitative estimate of drug-likeness (QED) is 0.750. The first-order chi connectivity index (χ1) is 11.3. The van der Waals surface area contributed by atoms with Crippen LogP contribution < -0.4 is 4.72 Å². The summed E-state index contributed by atoms with van der Waals surface area (Å²) < 4.78 is 59.5. The normalized spacial score (nSPS) is 11.7. The standard InChI is InChI=1S/C15H12F2N2O3S2/c1-8-14(13-5-6-18-22-13)15(9(2)23-8)24(20,21)19-12-4-3-10(16)7-11(12)17/h3-7,19H,1-2H3. The Bertz CT molecular complexity index is 996. The van der Waals surface area contributed by atoms with Crippen LogP contribution in [0.25, 0.3) is 11.3 Å². The zero-order chi connectivity index (χ0) is 17.5. The number of anilines is 1. The highest BCUT2D eigenvalue weighted by Gasteiger charge is 2.28. The minimum absolute atomic E-state index is 0.00882. The van der Waals surface area contributed by atoms with Crippen molar-refractivity contribution in [1.82, 2.24) is 5.16 Å². The predicted octanol–water partition coefficient (Wildman–Crippen LogP) is 4.10. The molecule has 0 bridgehead atoms. The third-order valence-corrected chi connectivity index (χ3v) is 6.02. The Labute approximate surface area is 141 Å². The van der Waals surface area contributed by atoms with E-state index >= 15 is 0 Å². The molecular formula is C15H12F2N2O3S2. The van der Waals surface area contributed by atoms with Crippen LogP contribution in [-0.4, -0.2) is 13.6 Å². The van der Waals surface area contributed by atoms with E-state index in [1.165, 1.54) is 17.5 Å². The van der Waals surface area contributed by atoms with Crippen LogP contribution in [0.5, 0.6) is 0 Å². The van der Waals surface area contributed by atoms with Gasteiger partial charge in [0.05, 0.1) is 17.4 Å². The van der Waals surface area contributed by atoms with Crippen molar-refractivity contribution in [2.45, 2.75) is 18.7 Å². The Balaban J connectivity index is 2.11. The maximum atomic E-state index is 13.8. The zero-order valence-electron chi connectivity index (χ0n) is 12.6. The van der Waals surface area contributed by atoms with Gasteiger partial charge >= 0.3 is 0 Å². The van der Waals surface area contributed by atoms with Crippen molar-refractivity contribution in [1.29, 1.82) is 0 Å². The first kappa shape index (κ1) is 16.6. The molecule has 2 aromatic heterocycles. The first-order valence-electron chi connectivity index (χ1n) is 6.78. The van der Waals surface area contributed by atoms with Crippen LogP contribution in [0.2, 0.25) is 0 Å². The number of rotatable bonds is 4. The van der Waals surface area contributed by atoms with Crippen LogP contribution >= 0.6 is 11.3 Å². The third kappa shape index (κ3) is 2.92. The fourth-order valence-electron chi connectivity index (χ4n) is 2.38. The second kappa shape index (κ2) is 5.99. The van der Waals surface area contributed by atoms with Gasteiger partial charge in [0.15, 0.2) is 5.76 Å². The van der Waals surface area contributed by atoms with Crippen molar-refractivity contribution in [3.05, 3.63) is 51.9 Å². The molecule has 0 spiro atoms. The number of nitrogens with zero attached hydrogens (tertiary/aromatic N) is 1. The number of sulfonamides is 1. The van der Waals surface area contributed by atoms with Gasteiger partial charge in [-0.1, -0.05) is 5.16 Å². The van der Waals surface area contributed by atoms with E-state index in [0.717, 1.165) is 17.0 Å². The van der Waals surface area contributed by atoms with Crippen LogP contribution in [0.1, 0.15) is 9.75 Å². The summed E-state index contributed by atoms with van der Waals surface area (Å²) in [5, 5.41) is 3.59. The lowest BCUT2D eigenvalue weighted by atomic mass is 10.2. The topological polar surface area (TPSA) is 72.2 Å². The molecule has 0 fully saturated rings. The largest absolute Gasteiger partial charge is 0.356 e. The van der Waals surface area contributed by atoms with Gasteiger partial charge in [-0.3, -0.25) is 4.72 Å². The second-order valence-corrected chi connectivity index (χ2v) is 8.07. The number of benzene rings is 1. The summed E-state index contributed by atoms with van der Waals surface area (Å²) in [5.41, 5.74) is 0.0493. The monoisotopic (exact) mass is 370 g/mol. The van der Waals surface area contributed by atoms with Gasteiger partial charge in [-0.15, -0.1) is 11.3 Å². The highest BCUT2D eigenvalue weighted by molar-refractivity contribution is 7.93. The summed E-state index contributed by atoms with van der Waals surface area (Å²) in [4.78, 5) is 1.24. The number of hydrogen-bond donors (Lipinski definition) is 1. The molecule has 3 aromatic rings. The lowest BCUT2D eigenvalue weighted by molar-refractivity contribution is 0.431. The summed E-state index contributed by atoms with van der Waals surface area (Å²) in [6.45, 7) is 3.40. The molecule has 0 radical (unpaired) electrons. The Kier molecular flexibility index (Phi) is 4.14. The lowest BCUT2D eigenvalue weighted by Gasteiger charge is -2.10. The summed E-state index contributed by atoms with van der Waals surface area (Å²) in [7, 11) is -4.11. The highest BCUT2D eigenvalue weighted by atomic mass is 32.2. The zero-order valence-corrected chi connectivity index (χ0v) is 14.3. The Morgan fingerprint density at radius 3 is 2.54 bits per heavy atom. The minimum Gasteiger partial charge on any atom is -0.356 e. The molecule has 0 saturated carbocycles. The van der Waals surface area contributed by atoms with Gasteiger partial charge in [-0.05, 0) is 26.0 Å². The van der Waals surface area contributed by atoms with Crippen LogP contribution in [0.4, 0.5) is 14.5 Å². The van der Waals surface area contributed by atoms with E-state index in [0.29, 0.717) is 22.3 Å². The Morgan fingerprint density at radius 1 is 1.17 bits per heavy atom. The van der Waals surface area contributed by atoms with Crippen molar-refractivity contribution in [3.63, 3.8) is 0 Å². The number of nitrogens with one attached hydrogen (secondary N) is 1. The van der Waals surface area contributed by atoms with Gasteiger partial charge in [-0.2, -0.15) is 0 Å². The molecule has 0 atom stereocenters. The molecule has 0 saturated heterocycles. The van der Waals surface area contributed by atoms with E-state index in [2.05, 4.69) is 9.88 Å². The van der Waals surface area contributed by atoms with E-state index < -0.39 is 21.7 Å². The fraction of sp³-hybridized carbons (Fsp3) is 0.133. The van der Waals surface area contributed by atoms with Crippen LogP contribution in [-0.2, 0) is 10.0 Å². The summed E-state index contributed by atoms with van der Waals surface area (Å²) in [5.74, 6) is -1.48. The van der Waals surface area contributed by atoms with Crippen LogP contribution in [0, 0.1) is 25.5 Å². The van der Waals surface area contributed by atoms with E-state index in [9.17, 15) is 17.2 Å². The lowest BCUT2D eigenvalue weighted by Crippen LogP contribution is -2.15. The van der Waals surface area contributed by atoms with Crippen molar-refractivity contribution < 1.29 is 21.7 Å². The van der Waals surface area contributed by atoms with Crippen molar-refractivity contribution in [2.75, 3.05) is 4.72 Å². The molecule has 2 heterocycles. The number of halogens is 2. The first-order valence-corrected chi connectivity index (χ1v) is 9.08. The molecule has 0 aliphatic heterocycles. The minimum atomic E-state index is -4.11. The predicted molar refractivity (Wildman–Crippen MR) is 86.5 cm³/mol. The van der Waals surface area contributed by atoms with Gasteiger partial charge in [0.2, 0.25) is 0 Å². The summed E-state index contributed by atoms with van der Waals surface area (Å²) in [6, 6.07) is 4.17. The van der Waals surface area contributed by atoms with E-state index in [4.69, 9.17) is 4.52 Å². The van der Waals surface area contributed by atoms with Crippen molar-refractivity contribution in [2.24, 2.45) is 0 Å². The molecule has 0 amide bonds. The van der Waals surface area contributed by atoms with Gasteiger partial charge in [0.1, 0.15) is 16.5 Å². The highest BCUT2D eigenvalue weighted by Crippen LogP contribution is 2.39. The van der Waals surface area contributed by atoms with Crippen LogP contribution in [0.3, 0.4) is 0 Å². The average molecular weight is 370 g/mol. The molecule has 9 heteroatoms. The van der Waals surface area contributed by atoms with Gasteiger partial charge in [-0.25, -0.2) is 17.2 Å². The van der Waals surface area contributed by atoms with Gasteiger partial charge < -0.3 is 4.52 Å². The van der Waals surface area contributed by atoms with E-state index in [1.807, 2.05) is 0 Å².